The van der Waals surface area contributed by atoms with Crippen LogP contribution in [0.25, 0.3) is 21.9 Å². The number of nitrogens with two attached hydrogens (primary N) is 1. The lowest BCUT2D eigenvalue weighted by Crippen LogP contribution is -2.46. The minimum absolute atomic E-state index is 0.178. The molecule has 37 heavy (non-hydrogen) atoms. The average Bonchev–Trinajstić information content (AvgIpc) is 3.21. The number of hydrogen-bond acceptors (Lipinski definition) is 7. The van der Waals surface area contributed by atoms with Crippen LogP contribution < -0.4 is 11.1 Å². The van der Waals surface area contributed by atoms with E-state index in [1.165, 1.54) is 6.26 Å². The van der Waals surface area contributed by atoms with Crippen molar-refractivity contribution >= 4 is 37.7 Å². The standard InChI is InChI=1S/C28H36N6O2S/c1-19(2)23(29)18-33-15-12-22(13-16-33)31-28-32-27-24(10-5-11-25(27)37(3,35)36)34(28)17-21-8-4-7-20-9-6-14-30-26(20)21/h4-11,14,19,22-23H,12-13,15-18,29H2,1-3H3,(H,31,32). The first-order valence-electron chi connectivity index (χ1n) is 13.0. The molecule has 8 nitrogen and oxygen atoms in total. The van der Waals surface area contributed by atoms with Gasteiger partial charge in [-0.2, -0.15) is 0 Å². The third-order valence-electron chi connectivity index (χ3n) is 7.43. The summed E-state index contributed by atoms with van der Waals surface area (Å²) < 4.78 is 27.2. The number of piperidine rings is 1. The van der Waals surface area contributed by atoms with Crippen LogP contribution in [0.5, 0.6) is 0 Å². The van der Waals surface area contributed by atoms with Crippen LogP contribution >= 0.6 is 0 Å². The second-order valence-electron chi connectivity index (χ2n) is 10.5. The molecule has 0 spiro atoms. The zero-order valence-corrected chi connectivity index (χ0v) is 22.6. The number of benzene rings is 2. The average molecular weight is 521 g/mol. The van der Waals surface area contributed by atoms with Crippen LogP contribution in [-0.4, -0.2) is 65.8 Å². The van der Waals surface area contributed by atoms with Gasteiger partial charge in [-0.05, 0) is 42.5 Å². The smallest absolute Gasteiger partial charge is 0.204 e. The van der Waals surface area contributed by atoms with Crippen LogP contribution in [0.3, 0.4) is 0 Å². The molecule has 0 amide bonds. The molecule has 4 aromatic rings. The van der Waals surface area contributed by atoms with E-state index < -0.39 is 9.84 Å². The summed E-state index contributed by atoms with van der Waals surface area (Å²) in [5.74, 6) is 1.15. The van der Waals surface area contributed by atoms with E-state index >= 15 is 0 Å². The fourth-order valence-electron chi connectivity index (χ4n) is 5.11. The second-order valence-corrected chi connectivity index (χ2v) is 12.5. The van der Waals surface area contributed by atoms with E-state index in [9.17, 15) is 8.42 Å². The van der Waals surface area contributed by atoms with Gasteiger partial charge in [0.15, 0.2) is 9.84 Å². The predicted octanol–water partition coefficient (Wildman–Crippen LogP) is 3.90. The van der Waals surface area contributed by atoms with Gasteiger partial charge in [0.2, 0.25) is 5.95 Å². The van der Waals surface area contributed by atoms with Gasteiger partial charge in [-0.25, -0.2) is 13.4 Å². The van der Waals surface area contributed by atoms with E-state index in [4.69, 9.17) is 10.7 Å². The van der Waals surface area contributed by atoms with Gasteiger partial charge in [0.05, 0.1) is 22.5 Å². The lowest BCUT2D eigenvalue weighted by Gasteiger charge is -2.34. The van der Waals surface area contributed by atoms with Gasteiger partial charge in [0.25, 0.3) is 0 Å². The molecule has 5 rings (SSSR count). The fraction of sp³-hybridized carbons (Fsp3) is 0.429. The van der Waals surface area contributed by atoms with Crippen molar-refractivity contribution < 1.29 is 8.42 Å². The number of likely N-dealkylation sites (tertiary alicyclic amines) is 1. The number of nitrogens with zero attached hydrogens (tertiary/aromatic N) is 4. The summed E-state index contributed by atoms with van der Waals surface area (Å²) in [4.78, 5) is 12.2. The number of para-hydroxylation sites is 2. The summed E-state index contributed by atoms with van der Waals surface area (Å²) in [6.45, 7) is 7.72. The largest absolute Gasteiger partial charge is 0.353 e. The third kappa shape index (κ3) is 5.49. The van der Waals surface area contributed by atoms with Crippen LogP contribution in [-0.2, 0) is 16.4 Å². The molecule has 0 saturated carbocycles. The van der Waals surface area contributed by atoms with E-state index in [2.05, 4.69) is 51.8 Å². The highest BCUT2D eigenvalue weighted by molar-refractivity contribution is 7.91. The van der Waals surface area contributed by atoms with Crippen LogP contribution in [0.4, 0.5) is 5.95 Å². The summed E-state index contributed by atoms with van der Waals surface area (Å²) in [6.07, 6.45) is 4.99. The Kier molecular flexibility index (Phi) is 7.20. The number of fused-ring (bicyclic) bond motifs is 2. The van der Waals surface area contributed by atoms with Crippen LogP contribution in [0, 0.1) is 5.92 Å². The highest BCUT2D eigenvalue weighted by atomic mass is 32.2. The zero-order valence-electron chi connectivity index (χ0n) is 21.8. The van der Waals surface area contributed by atoms with Crippen molar-refractivity contribution in [2.45, 2.75) is 50.2 Å². The van der Waals surface area contributed by atoms with Crippen molar-refractivity contribution in [3.8, 4) is 0 Å². The molecule has 196 valence electrons. The number of imidazole rings is 1. The molecule has 1 unspecified atom stereocenters. The van der Waals surface area contributed by atoms with Gasteiger partial charge in [-0.15, -0.1) is 0 Å². The highest BCUT2D eigenvalue weighted by Crippen LogP contribution is 2.29. The number of sulfone groups is 1. The van der Waals surface area contributed by atoms with Crippen molar-refractivity contribution in [1.29, 1.82) is 0 Å². The molecule has 2 aromatic carbocycles. The van der Waals surface area contributed by atoms with Crippen molar-refractivity contribution in [1.82, 2.24) is 19.4 Å². The Labute approximate surface area is 218 Å². The normalized spacial score (nSPS) is 16.6. The fourth-order valence-corrected chi connectivity index (χ4v) is 5.93. The van der Waals surface area contributed by atoms with Crippen LogP contribution in [0.2, 0.25) is 0 Å². The summed E-state index contributed by atoms with van der Waals surface area (Å²) >= 11 is 0. The quantitative estimate of drug-likeness (QED) is 0.363. The molecule has 0 bridgehead atoms. The Morgan fingerprint density at radius 3 is 2.51 bits per heavy atom. The topological polar surface area (TPSA) is 106 Å². The summed E-state index contributed by atoms with van der Waals surface area (Å²) in [6, 6.07) is 15.9. The number of pyridine rings is 1. The molecule has 1 aliphatic heterocycles. The molecule has 3 heterocycles. The Morgan fingerprint density at radius 2 is 1.78 bits per heavy atom. The van der Waals surface area contributed by atoms with Gasteiger partial charge in [0.1, 0.15) is 5.52 Å². The molecular weight excluding hydrogens is 484 g/mol. The molecule has 9 heteroatoms. The number of nitrogens with one attached hydrogen (secondary N) is 1. The number of hydrogen-bond donors (Lipinski definition) is 2. The van der Waals surface area contributed by atoms with Crippen molar-refractivity contribution in [2.75, 3.05) is 31.2 Å². The van der Waals surface area contributed by atoms with Gasteiger partial charge < -0.3 is 20.5 Å². The highest BCUT2D eigenvalue weighted by Gasteiger charge is 2.25. The second kappa shape index (κ2) is 10.4. The Hall–Kier alpha value is -3.01. The predicted molar refractivity (Wildman–Crippen MR) is 150 cm³/mol. The molecule has 2 aromatic heterocycles. The van der Waals surface area contributed by atoms with E-state index in [0.717, 1.165) is 54.5 Å². The van der Waals surface area contributed by atoms with Gasteiger partial charge >= 0.3 is 0 Å². The SMILES string of the molecule is CC(C)C(N)CN1CCC(Nc2nc3c(S(C)(=O)=O)cccc3n2Cc2cccc3cccnc23)CC1. The first-order chi connectivity index (χ1) is 17.7. The molecule has 3 N–H and O–H groups in total. The van der Waals surface area contributed by atoms with E-state index in [-0.39, 0.29) is 17.0 Å². The Morgan fingerprint density at radius 1 is 1.05 bits per heavy atom. The Balaban J connectivity index is 1.48. The lowest BCUT2D eigenvalue weighted by atomic mass is 10.0. The van der Waals surface area contributed by atoms with Gasteiger partial charge in [-0.3, -0.25) is 4.98 Å². The van der Waals surface area contributed by atoms with Crippen molar-refractivity contribution in [3.63, 3.8) is 0 Å². The number of aromatic nitrogens is 3. The first-order valence-corrected chi connectivity index (χ1v) is 14.9. The van der Waals surface area contributed by atoms with E-state index in [1.54, 1.807) is 18.3 Å². The van der Waals surface area contributed by atoms with Crippen molar-refractivity contribution in [3.05, 3.63) is 60.3 Å². The minimum Gasteiger partial charge on any atom is -0.353 e. The monoisotopic (exact) mass is 520 g/mol. The zero-order chi connectivity index (χ0) is 26.2. The lowest BCUT2D eigenvalue weighted by molar-refractivity contribution is 0.194. The van der Waals surface area contributed by atoms with Gasteiger partial charge in [0, 0.05) is 49.6 Å². The summed E-state index contributed by atoms with van der Waals surface area (Å²) in [7, 11) is -3.43. The molecular formula is C28H36N6O2S. The van der Waals surface area contributed by atoms with Crippen molar-refractivity contribution in [2.24, 2.45) is 11.7 Å². The maximum Gasteiger partial charge on any atom is 0.204 e. The number of rotatable bonds is 8. The summed E-state index contributed by atoms with van der Waals surface area (Å²) in [5, 5.41) is 4.73. The van der Waals surface area contributed by atoms with Gasteiger partial charge in [-0.1, -0.05) is 44.2 Å². The van der Waals surface area contributed by atoms with Crippen LogP contribution in [0.1, 0.15) is 32.3 Å². The third-order valence-corrected chi connectivity index (χ3v) is 8.56. The van der Waals surface area contributed by atoms with Crippen LogP contribution in [0.15, 0.2) is 59.6 Å². The minimum atomic E-state index is -3.43. The number of anilines is 1. The molecule has 1 atom stereocenters. The van der Waals surface area contributed by atoms with E-state index in [1.807, 2.05) is 18.2 Å². The molecule has 1 aliphatic rings. The maximum atomic E-state index is 12.6. The molecule has 1 fully saturated rings. The Bertz CT molecular complexity index is 1500. The first kappa shape index (κ1) is 25.6. The summed E-state index contributed by atoms with van der Waals surface area (Å²) in [5.41, 5.74) is 9.59. The van der Waals surface area contributed by atoms with E-state index in [0.29, 0.717) is 23.9 Å². The molecule has 1 saturated heterocycles. The molecule has 0 radical (unpaired) electrons. The molecule has 0 aliphatic carbocycles. The maximum absolute atomic E-state index is 12.6.